The Hall–Kier alpha value is -0.120. The number of nitrogens with one attached hydrogen (secondary N) is 1. The number of hydrogen-bond donors (Lipinski definition) is 1. The van der Waals surface area contributed by atoms with Crippen LogP contribution >= 0.6 is 0 Å². The van der Waals surface area contributed by atoms with E-state index in [2.05, 4.69) is 29.1 Å². The predicted molar refractivity (Wildman–Crippen MR) is 68.8 cm³/mol. The molecule has 0 aromatic carbocycles. The van der Waals surface area contributed by atoms with Crippen LogP contribution in [0.2, 0.25) is 0 Å². The van der Waals surface area contributed by atoms with Crippen molar-refractivity contribution in [1.29, 1.82) is 0 Å². The minimum atomic E-state index is 0.648. The van der Waals surface area contributed by atoms with Crippen molar-refractivity contribution in [2.45, 2.75) is 44.7 Å². The first-order chi connectivity index (χ1) is 7.74. The molecule has 0 saturated carbocycles. The molecule has 2 aliphatic heterocycles. The van der Waals surface area contributed by atoms with Crippen LogP contribution in [0.5, 0.6) is 0 Å². The van der Waals surface area contributed by atoms with E-state index in [1.165, 1.54) is 58.4 Å². The van der Waals surface area contributed by atoms with Crippen molar-refractivity contribution in [2.75, 3.05) is 39.8 Å². The first-order valence-corrected chi connectivity index (χ1v) is 6.91. The van der Waals surface area contributed by atoms with Gasteiger partial charge in [0.2, 0.25) is 0 Å². The third-order valence-electron chi connectivity index (χ3n) is 3.88. The van der Waals surface area contributed by atoms with E-state index in [-0.39, 0.29) is 0 Å². The van der Waals surface area contributed by atoms with Crippen molar-refractivity contribution >= 4 is 0 Å². The first-order valence-electron chi connectivity index (χ1n) is 6.91. The fourth-order valence-corrected chi connectivity index (χ4v) is 3.11. The summed E-state index contributed by atoms with van der Waals surface area (Å²) in [6.45, 7) is 8.71. The summed E-state index contributed by atoms with van der Waals surface area (Å²) in [5.41, 5.74) is 0. The smallest absolute Gasteiger partial charge is 0.0198 e. The molecule has 1 N–H and O–H groups in total. The zero-order chi connectivity index (χ0) is 11.4. The Morgan fingerprint density at radius 2 is 1.94 bits per heavy atom. The van der Waals surface area contributed by atoms with E-state index in [1.807, 2.05) is 0 Å². The monoisotopic (exact) mass is 225 g/mol. The lowest BCUT2D eigenvalue weighted by Crippen LogP contribution is -2.49. The maximum absolute atomic E-state index is 3.79. The summed E-state index contributed by atoms with van der Waals surface area (Å²) >= 11 is 0. The molecule has 2 fully saturated rings. The minimum absolute atomic E-state index is 0.648. The number of likely N-dealkylation sites (tertiary alicyclic amines) is 2. The van der Waals surface area contributed by atoms with Crippen LogP contribution in [0.1, 0.15) is 32.6 Å². The van der Waals surface area contributed by atoms with Crippen molar-refractivity contribution in [3.05, 3.63) is 0 Å². The number of hydrogen-bond acceptors (Lipinski definition) is 3. The summed E-state index contributed by atoms with van der Waals surface area (Å²) < 4.78 is 0. The molecule has 0 amide bonds. The Morgan fingerprint density at radius 1 is 1.19 bits per heavy atom. The molecule has 2 aliphatic rings. The highest BCUT2D eigenvalue weighted by Crippen LogP contribution is 2.11. The summed E-state index contributed by atoms with van der Waals surface area (Å²) in [6.07, 6.45) is 5.51. The van der Waals surface area contributed by atoms with Crippen LogP contribution in [0.3, 0.4) is 0 Å². The lowest BCUT2D eigenvalue weighted by atomic mass is 10.1. The van der Waals surface area contributed by atoms with Crippen molar-refractivity contribution in [3.8, 4) is 0 Å². The van der Waals surface area contributed by atoms with E-state index in [0.29, 0.717) is 6.04 Å². The molecule has 0 aromatic heterocycles. The molecule has 3 nitrogen and oxygen atoms in total. The summed E-state index contributed by atoms with van der Waals surface area (Å²) in [5.74, 6) is 0. The quantitative estimate of drug-likeness (QED) is 0.774. The molecule has 0 bridgehead atoms. The fourth-order valence-electron chi connectivity index (χ4n) is 3.11. The van der Waals surface area contributed by atoms with Crippen molar-refractivity contribution in [1.82, 2.24) is 15.1 Å². The van der Waals surface area contributed by atoms with Gasteiger partial charge < -0.3 is 15.1 Å². The maximum atomic E-state index is 3.79. The first kappa shape index (κ1) is 12.3. The summed E-state index contributed by atoms with van der Waals surface area (Å²) in [6, 6.07) is 1.37. The molecular formula is C13H27N3. The molecule has 94 valence electrons. The summed E-state index contributed by atoms with van der Waals surface area (Å²) in [5, 5.41) is 3.79. The molecule has 2 atom stereocenters. The van der Waals surface area contributed by atoms with Gasteiger partial charge >= 0.3 is 0 Å². The van der Waals surface area contributed by atoms with E-state index >= 15 is 0 Å². The largest absolute Gasteiger partial charge is 0.309 e. The van der Waals surface area contributed by atoms with E-state index in [1.54, 1.807) is 0 Å². The van der Waals surface area contributed by atoms with Gasteiger partial charge in [-0.1, -0.05) is 0 Å². The molecule has 2 heterocycles. The molecule has 2 saturated heterocycles. The second-order valence-corrected chi connectivity index (χ2v) is 5.68. The molecule has 3 heteroatoms. The minimum Gasteiger partial charge on any atom is -0.309 e. The van der Waals surface area contributed by atoms with Crippen LogP contribution in [0, 0.1) is 0 Å². The van der Waals surface area contributed by atoms with E-state index in [0.717, 1.165) is 6.04 Å². The Kier molecular flexibility index (Phi) is 4.62. The Morgan fingerprint density at radius 3 is 2.62 bits per heavy atom. The summed E-state index contributed by atoms with van der Waals surface area (Å²) in [7, 11) is 2.24. The molecule has 2 rings (SSSR count). The number of rotatable bonds is 4. The van der Waals surface area contributed by atoms with Gasteiger partial charge in [-0.2, -0.15) is 0 Å². The lowest BCUT2D eigenvalue weighted by molar-refractivity contribution is 0.204. The molecule has 16 heavy (non-hydrogen) atoms. The van der Waals surface area contributed by atoms with Crippen LogP contribution in [0.25, 0.3) is 0 Å². The molecule has 0 aromatic rings. The van der Waals surface area contributed by atoms with Crippen LogP contribution in [-0.4, -0.2) is 61.7 Å². The third-order valence-corrected chi connectivity index (χ3v) is 3.88. The summed E-state index contributed by atoms with van der Waals surface area (Å²) in [4.78, 5) is 5.05. The SMILES string of the molecule is CC(CN1CCCC1)NC1CCCN(C)C1. The van der Waals surface area contributed by atoms with E-state index in [9.17, 15) is 0 Å². The van der Waals surface area contributed by atoms with Crippen LogP contribution < -0.4 is 5.32 Å². The maximum Gasteiger partial charge on any atom is 0.0198 e. The fraction of sp³-hybridized carbons (Fsp3) is 1.00. The predicted octanol–water partition coefficient (Wildman–Crippen LogP) is 1.15. The van der Waals surface area contributed by atoms with Crippen molar-refractivity contribution < 1.29 is 0 Å². The Balaban J connectivity index is 1.67. The van der Waals surface area contributed by atoms with Gasteiger partial charge in [0, 0.05) is 25.2 Å². The van der Waals surface area contributed by atoms with E-state index in [4.69, 9.17) is 0 Å². The standard InChI is InChI=1S/C13H27N3/c1-12(10-16-8-3-4-9-16)14-13-6-5-7-15(2)11-13/h12-14H,3-11H2,1-2H3. The van der Waals surface area contributed by atoms with Crippen LogP contribution in [0.15, 0.2) is 0 Å². The highest BCUT2D eigenvalue weighted by molar-refractivity contribution is 4.81. The van der Waals surface area contributed by atoms with Gasteiger partial charge in [-0.3, -0.25) is 0 Å². The lowest BCUT2D eigenvalue weighted by Gasteiger charge is -2.33. The third kappa shape index (κ3) is 3.72. The second kappa shape index (κ2) is 5.99. The van der Waals surface area contributed by atoms with Gasteiger partial charge in [0.15, 0.2) is 0 Å². The van der Waals surface area contributed by atoms with Gasteiger partial charge in [0.1, 0.15) is 0 Å². The Labute approximate surface area is 100 Å². The van der Waals surface area contributed by atoms with Crippen LogP contribution in [0.4, 0.5) is 0 Å². The zero-order valence-corrected chi connectivity index (χ0v) is 10.9. The average Bonchev–Trinajstić information content (AvgIpc) is 2.70. The van der Waals surface area contributed by atoms with Crippen molar-refractivity contribution in [3.63, 3.8) is 0 Å². The molecule has 0 radical (unpaired) electrons. The van der Waals surface area contributed by atoms with Gasteiger partial charge in [0.25, 0.3) is 0 Å². The molecule has 0 aliphatic carbocycles. The normalized spacial score (nSPS) is 30.8. The van der Waals surface area contributed by atoms with Gasteiger partial charge in [0.05, 0.1) is 0 Å². The van der Waals surface area contributed by atoms with Gasteiger partial charge in [-0.15, -0.1) is 0 Å². The average molecular weight is 225 g/mol. The number of nitrogens with zero attached hydrogens (tertiary/aromatic N) is 2. The zero-order valence-electron chi connectivity index (χ0n) is 10.9. The van der Waals surface area contributed by atoms with E-state index < -0.39 is 0 Å². The van der Waals surface area contributed by atoms with Crippen molar-refractivity contribution in [2.24, 2.45) is 0 Å². The second-order valence-electron chi connectivity index (χ2n) is 5.68. The molecule has 2 unspecified atom stereocenters. The topological polar surface area (TPSA) is 18.5 Å². The molecule has 0 spiro atoms. The highest BCUT2D eigenvalue weighted by Gasteiger charge is 2.20. The number of piperidine rings is 1. The van der Waals surface area contributed by atoms with Gasteiger partial charge in [-0.05, 0) is 59.3 Å². The molecular weight excluding hydrogens is 198 g/mol. The number of likely N-dealkylation sites (N-methyl/N-ethyl adjacent to an activating group) is 1. The van der Waals surface area contributed by atoms with Crippen LogP contribution in [-0.2, 0) is 0 Å². The highest BCUT2D eigenvalue weighted by atomic mass is 15.2. The Bertz CT molecular complexity index is 201. The van der Waals surface area contributed by atoms with Gasteiger partial charge in [-0.25, -0.2) is 0 Å².